The Morgan fingerprint density at radius 3 is 2.53 bits per heavy atom. The first-order valence-electron chi connectivity index (χ1n) is 5.42. The Morgan fingerprint density at radius 1 is 1.42 bits per heavy atom. The van der Waals surface area contributed by atoms with Crippen LogP contribution >= 0.6 is 0 Å². The molecule has 0 amide bonds. The number of aliphatic carboxylic acids is 1. The summed E-state index contributed by atoms with van der Waals surface area (Å²) in [6.45, 7) is -0.646. The Morgan fingerprint density at radius 2 is 2.05 bits per heavy atom. The fraction of sp³-hybridized carbons (Fsp3) is 0.417. The van der Waals surface area contributed by atoms with E-state index in [1.165, 1.54) is 30.1 Å². The molecule has 7 heteroatoms. The van der Waals surface area contributed by atoms with Crippen molar-refractivity contribution in [3.05, 3.63) is 35.6 Å². The van der Waals surface area contributed by atoms with Crippen molar-refractivity contribution in [1.29, 1.82) is 0 Å². The first kappa shape index (κ1) is 15.4. The Kier molecular flexibility index (Phi) is 4.88. The normalized spacial score (nSPS) is 13.6. The van der Waals surface area contributed by atoms with E-state index in [2.05, 4.69) is 0 Å². The van der Waals surface area contributed by atoms with E-state index >= 15 is 0 Å². The maximum Gasteiger partial charge on any atom is 0.403 e. The van der Waals surface area contributed by atoms with Gasteiger partial charge in [-0.3, -0.25) is 4.79 Å². The number of carbonyl (C=O) groups is 1. The third-order valence-electron chi connectivity index (χ3n) is 2.53. The van der Waals surface area contributed by atoms with Crippen molar-refractivity contribution >= 4 is 5.97 Å². The van der Waals surface area contributed by atoms with Gasteiger partial charge in [-0.1, -0.05) is 12.1 Å². The number of carboxylic acid groups (broad SMARTS) is 1. The predicted octanol–water partition coefficient (Wildman–Crippen LogP) is 2.52. The van der Waals surface area contributed by atoms with Crippen LogP contribution in [0.4, 0.5) is 17.6 Å². The number of carboxylic acids is 1. The van der Waals surface area contributed by atoms with Crippen LogP contribution in [0.25, 0.3) is 0 Å². The minimum absolute atomic E-state index is 0.0393. The van der Waals surface area contributed by atoms with Gasteiger partial charge in [0.05, 0.1) is 0 Å². The molecule has 0 saturated heterocycles. The summed E-state index contributed by atoms with van der Waals surface area (Å²) in [7, 11) is 1.35. The standard InChI is InChI=1S/C12H13F4NO2/c1-17(6-8-3-2-4-9(13)5-8)7-10(11(18)19)12(14,15)16/h2-5,10H,6-7H2,1H3,(H,18,19). The lowest BCUT2D eigenvalue weighted by Gasteiger charge is -2.23. The van der Waals surface area contributed by atoms with E-state index in [-0.39, 0.29) is 6.54 Å². The Bertz CT molecular complexity index is 448. The quantitative estimate of drug-likeness (QED) is 0.842. The smallest absolute Gasteiger partial charge is 0.403 e. The van der Waals surface area contributed by atoms with Gasteiger partial charge in [-0.25, -0.2) is 4.39 Å². The zero-order valence-corrected chi connectivity index (χ0v) is 10.1. The molecule has 106 valence electrons. The molecule has 0 fully saturated rings. The summed E-state index contributed by atoms with van der Waals surface area (Å²) < 4.78 is 50.3. The molecule has 0 aliphatic rings. The molecule has 1 rings (SSSR count). The summed E-state index contributed by atoms with van der Waals surface area (Å²) in [5, 5.41) is 8.56. The topological polar surface area (TPSA) is 40.5 Å². The summed E-state index contributed by atoms with van der Waals surface area (Å²) in [4.78, 5) is 11.8. The summed E-state index contributed by atoms with van der Waals surface area (Å²) in [6, 6.07) is 5.42. The number of halogens is 4. The maximum atomic E-state index is 12.9. The van der Waals surface area contributed by atoms with E-state index in [1.54, 1.807) is 6.07 Å². The third-order valence-corrected chi connectivity index (χ3v) is 2.53. The summed E-state index contributed by atoms with van der Waals surface area (Å²) in [6.07, 6.45) is -4.80. The molecule has 19 heavy (non-hydrogen) atoms. The fourth-order valence-electron chi connectivity index (χ4n) is 1.64. The molecule has 0 saturated carbocycles. The second-order valence-corrected chi connectivity index (χ2v) is 4.26. The molecule has 0 aromatic heterocycles. The van der Waals surface area contributed by atoms with Crippen molar-refractivity contribution in [2.24, 2.45) is 5.92 Å². The van der Waals surface area contributed by atoms with E-state index in [4.69, 9.17) is 5.11 Å². The Hall–Kier alpha value is -1.63. The van der Waals surface area contributed by atoms with Gasteiger partial charge in [0.2, 0.25) is 0 Å². The van der Waals surface area contributed by atoms with E-state index in [0.29, 0.717) is 5.56 Å². The van der Waals surface area contributed by atoms with Crippen molar-refractivity contribution in [3.63, 3.8) is 0 Å². The highest BCUT2D eigenvalue weighted by Crippen LogP contribution is 2.27. The second kappa shape index (κ2) is 6.01. The van der Waals surface area contributed by atoms with Crippen LogP contribution in [-0.2, 0) is 11.3 Å². The van der Waals surface area contributed by atoms with Gasteiger partial charge >= 0.3 is 12.1 Å². The maximum absolute atomic E-state index is 12.9. The number of hydrogen-bond donors (Lipinski definition) is 1. The van der Waals surface area contributed by atoms with E-state index in [9.17, 15) is 22.4 Å². The minimum Gasteiger partial charge on any atom is -0.481 e. The van der Waals surface area contributed by atoms with Crippen molar-refractivity contribution in [2.45, 2.75) is 12.7 Å². The van der Waals surface area contributed by atoms with Crippen molar-refractivity contribution < 1.29 is 27.5 Å². The molecule has 3 nitrogen and oxygen atoms in total. The summed E-state index contributed by atoms with van der Waals surface area (Å²) in [5.74, 6) is -4.86. The van der Waals surface area contributed by atoms with Gasteiger partial charge in [0, 0.05) is 13.1 Å². The highest BCUT2D eigenvalue weighted by Gasteiger charge is 2.45. The third kappa shape index (κ3) is 4.86. The van der Waals surface area contributed by atoms with Gasteiger partial charge in [-0.15, -0.1) is 0 Å². The minimum atomic E-state index is -4.80. The van der Waals surface area contributed by atoms with E-state index in [0.717, 1.165) is 0 Å². The fourth-order valence-corrected chi connectivity index (χ4v) is 1.64. The molecular formula is C12H13F4NO2. The number of alkyl halides is 3. The lowest BCUT2D eigenvalue weighted by atomic mass is 10.1. The van der Waals surface area contributed by atoms with Crippen LogP contribution in [-0.4, -0.2) is 35.7 Å². The second-order valence-electron chi connectivity index (χ2n) is 4.26. The lowest BCUT2D eigenvalue weighted by molar-refractivity contribution is -0.196. The van der Waals surface area contributed by atoms with Crippen molar-refractivity contribution in [1.82, 2.24) is 4.90 Å². The average Bonchev–Trinajstić information content (AvgIpc) is 2.24. The lowest BCUT2D eigenvalue weighted by Crippen LogP contribution is -2.39. The predicted molar refractivity (Wildman–Crippen MR) is 59.9 cm³/mol. The Labute approximate surface area is 107 Å². The first-order chi connectivity index (χ1) is 8.70. The van der Waals surface area contributed by atoms with E-state index < -0.39 is 30.4 Å². The van der Waals surface area contributed by atoms with Gasteiger partial charge < -0.3 is 10.0 Å². The van der Waals surface area contributed by atoms with Crippen molar-refractivity contribution in [2.75, 3.05) is 13.6 Å². The van der Waals surface area contributed by atoms with Crippen LogP contribution < -0.4 is 0 Å². The SMILES string of the molecule is CN(Cc1cccc(F)c1)CC(C(=O)O)C(F)(F)F. The molecule has 0 bridgehead atoms. The van der Waals surface area contributed by atoms with Gasteiger partial charge in [-0.05, 0) is 24.7 Å². The zero-order valence-electron chi connectivity index (χ0n) is 10.1. The molecule has 1 N–H and O–H groups in total. The van der Waals surface area contributed by atoms with Gasteiger partial charge in [0.25, 0.3) is 0 Å². The van der Waals surface area contributed by atoms with Gasteiger partial charge in [-0.2, -0.15) is 13.2 Å². The van der Waals surface area contributed by atoms with Crippen LogP contribution in [0.1, 0.15) is 5.56 Å². The van der Waals surface area contributed by atoms with Crippen LogP contribution in [0.5, 0.6) is 0 Å². The largest absolute Gasteiger partial charge is 0.481 e. The molecule has 1 aromatic rings. The molecule has 1 aromatic carbocycles. The highest BCUT2D eigenvalue weighted by molar-refractivity contribution is 5.71. The highest BCUT2D eigenvalue weighted by atomic mass is 19.4. The molecule has 0 aliphatic carbocycles. The van der Waals surface area contributed by atoms with E-state index in [1.807, 2.05) is 0 Å². The van der Waals surface area contributed by atoms with Gasteiger partial charge in [0.1, 0.15) is 5.82 Å². The number of nitrogens with zero attached hydrogens (tertiary/aromatic N) is 1. The molecule has 0 radical (unpaired) electrons. The van der Waals surface area contributed by atoms with Crippen LogP contribution in [0.3, 0.4) is 0 Å². The van der Waals surface area contributed by atoms with Crippen LogP contribution in [0.15, 0.2) is 24.3 Å². The molecular weight excluding hydrogens is 266 g/mol. The number of rotatable bonds is 5. The van der Waals surface area contributed by atoms with Gasteiger partial charge in [0.15, 0.2) is 5.92 Å². The zero-order chi connectivity index (χ0) is 14.6. The number of benzene rings is 1. The van der Waals surface area contributed by atoms with Crippen molar-refractivity contribution in [3.8, 4) is 0 Å². The van der Waals surface area contributed by atoms with Crippen LogP contribution in [0, 0.1) is 11.7 Å². The monoisotopic (exact) mass is 279 g/mol. The summed E-state index contributed by atoms with van der Waals surface area (Å²) >= 11 is 0. The molecule has 1 unspecified atom stereocenters. The molecule has 0 aliphatic heterocycles. The molecule has 0 heterocycles. The van der Waals surface area contributed by atoms with Crippen LogP contribution in [0.2, 0.25) is 0 Å². The molecule has 1 atom stereocenters. The summed E-state index contributed by atoms with van der Waals surface area (Å²) in [5.41, 5.74) is 0.480. The Balaban J connectivity index is 2.68. The molecule has 0 spiro atoms. The average molecular weight is 279 g/mol. The first-order valence-corrected chi connectivity index (χ1v) is 5.42. The number of hydrogen-bond acceptors (Lipinski definition) is 2.